The number of hydrogen-bond donors (Lipinski definition) is 1. The standard InChI is InChI=1S/C11H24N2O2/c1-4-14-9-10(2)12-7-11-8-13(3)5-6-15-11/h10-12H,4-9H2,1-3H3. The third kappa shape index (κ3) is 5.47. The fraction of sp³-hybridized carbons (Fsp3) is 1.00. The zero-order valence-corrected chi connectivity index (χ0v) is 10.2. The minimum Gasteiger partial charge on any atom is -0.380 e. The van der Waals surface area contributed by atoms with Crippen molar-refractivity contribution >= 4 is 0 Å². The molecular weight excluding hydrogens is 192 g/mol. The first-order chi connectivity index (χ1) is 7.22. The summed E-state index contributed by atoms with van der Waals surface area (Å²) in [6.45, 7) is 9.56. The molecule has 0 radical (unpaired) electrons. The summed E-state index contributed by atoms with van der Waals surface area (Å²) >= 11 is 0. The van der Waals surface area contributed by atoms with Crippen LogP contribution in [0.2, 0.25) is 0 Å². The van der Waals surface area contributed by atoms with Crippen molar-refractivity contribution in [3.8, 4) is 0 Å². The molecule has 1 aliphatic rings. The zero-order chi connectivity index (χ0) is 11.1. The average molecular weight is 216 g/mol. The maximum atomic E-state index is 5.66. The van der Waals surface area contributed by atoms with Crippen LogP contribution in [0, 0.1) is 0 Å². The minimum atomic E-state index is 0.327. The van der Waals surface area contributed by atoms with Crippen LogP contribution in [-0.2, 0) is 9.47 Å². The van der Waals surface area contributed by atoms with E-state index in [0.29, 0.717) is 12.1 Å². The molecule has 1 heterocycles. The Morgan fingerprint density at radius 3 is 3.07 bits per heavy atom. The monoisotopic (exact) mass is 216 g/mol. The summed E-state index contributed by atoms with van der Waals surface area (Å²) in [6.07, 6.45) is 0.327. The van der Waals surface area contributed by atoms with E-state index in [4.69, 9.17) is 9.47 Å². The molecule has 1 rings (SSSR count). The second kappa shape index (κ2) is 7.17. The Hall–Kier alpha value is -0.160. The summed E-state index contributed by atoms with van der Waals surface area (Å²) in [5, 5.41) is 3.43. The van der Waals surface area contributed by atoms with Crippen LogP contribution in [0.15, 0.2) is 0 Å². The van der Waals surface area contributed by atoms with Crippen molar-refractivity contribution in [1.29, 1.82) is 0 Å². The van der Waals surface area contributed by atoms with Crippen LogP contribution in [0.5, 0.6) is 0 Å². The van der Waals surface area contributed by atoms with Gasteiger partial charge in [0.05, 0.1) is 19.3 Å². The van der Waals surface area contributed by atoms with Crippen LogP contribution in [-0.4, -0.2) is 63.5 Å². The van der Waals surface area contributed by atoms with E-state index in [0.717, 1.165) is 39.5 Å². The summed E-state index contributed by atoms with van der Waals surface area (Å²) in [7, 11) is 2.14. The third-order valence-corrected chi connectivity index (χ3v) is 2.61. The Balaban J connectivity index is 2.07. The van der Waals surface area contributed by atoms with Gasteiger partial charge in [-0.25, -0.2) is 0 Å². The molecule has 1 N–H and O–H groups in total. The van der Waals surface area contributed by atoms with Crippen molar-refractivity contribution < 1.29 is 9.47 Å². The summed E-state index contributed by atoms with van der Waals surface area (Å²) in [5.41, 5.74) is 0. The Morgan fingerprint density at radius 1 is 1.60 bits per heavy atom. The molecule has 90 valence electrons. The summed E-state index contributed by atoms with van der Waals surface area (Å²) in [6, 6.07) is 0.404. The largest absolute Gasteiger partial charge is 0.380 e. The first-order valence-electron chi connectivity index (χ1n) is 5.83. The van der Waals surface area contributed by atoms with Crippen LogP contribution in [0.25, 0.3) is 0 Å². The van der Waals surface area contributed by atoms with Crippen LogP contribution >= 0.6 is 0 Å². The highest BCUT2D eigenvalue weighted by atomic mass is 16.5. The first-order valence-corrected chi connectivity index (χ1v) is 5.83. The highest BCUT2D eigenvalue weighted by molar-refractivity contribution is 4.72. The highest BCUT2D eigenvalue weighted by Gasteiger charge is 2.17. The predicted octanol–water partition coefficient (Wildman–Crippen LogP) is 0.332. The van der Waals surface area contributed by atoms with Crippen LogP contribution in [0.1, 0.15) is 13.8 Å². The van der Waals surface area contributed by atoms with Crippen molar-refractivity contribution in [2.24, 2.45) is 0 Å². The molecule has 1 fully saturated rings. The molecule has 1 aliphatic heterocycles. The predicted molar refractivity (Wildman–Crippen MR) is 61.2 cm³/mol. The number of nitrogens with one attached hydrogen (secondary N) is 1. The second-order valence-electron chi connectivity index (χ2n) is 4.22. The molecule has 2 unspecified atom stereocenters. The summed E-state index contributed by atoms with van der Waals surface area (Å²) < 4.78 is 11.0. The minimum absolute atomic E-state index is 0.327. The molecule has 1 saturated heterocycles. The molecule has 15 heavy (non-hydrogen) atoms. The van der Waals surface area contributed by atoms with E-state index in [2.05, 4.69) is 24.2 Å². The molecule has 0 bridgehead atoms. The first kappa shape index (κ1) is 12.9. The number of morpholine rings is 1. The van der Waals surface area contributed by atoms with E-state index in [1.807, 2.05) is 6.92 Å². The smallest absolute Gasteiger partial charge is 0.0826 e. The van der Waals surface area contributed by atoms with Gasteiger partial charge in [0.25, 0.3) is 0 Å². The molecule has 0 aliphatic carbocycles. The SMILES string of the molecule is CCOCC(C)NCC1CN(C)CCO1. The van der Waals surface area contributed by atoms with Crippen molar-refractivity contribution in [3.63, 3.8) is 0 Å². The average Bonchev–Trinajstić information content (AvgIpc) is 2.23. The van der Waals surface area contributed by atoms with Crippen LogP contribution in [0.3, 0.4) is 0 Å². The normalized spacial score (nSPS) is 25.4. The van der Waals surface area contributed by atoms with Gasteiger partial charge < -0.3 is 19.7 Å². The quantitative estimate of drug-likeness (QED) is 0.694. The van der Waals surface area contributed by atoms with Gasteiger partial charge in [0.15, 0.2) is 0 Å². The van der Waals surface area contributed by atoms with E-state index >= 15 is 0 Å². The molecule has 2 atom stereocenters. The topological polar surface area (TPSA) is 33.7 Å². The number of hydrogen-bond acceptors (Lipinski definition) is 4. The van der Waals surface area contributed by atoms with Gasteiger partial charge in [-0.05, 0) is 20.9 Å². The summed E-state index contributed by atoms with van der Waals surface area (Å²) in [5.74, 6) is 0. The molecule has 0 saturated carbocycles. The molecule has 4 nitrogen and oxygen atoms in total. The van der Waals surface area contributed by atoms with Crippen LogP contribution < -0.4 is 5.32 Å². The highest BCUT2D eigenvalue weighted by Crippen LogP contribution is 2.01. The lowest BCUT2D eigenvalue weighted by molar-refractivity contribution is -0.0203. The van der Waals surface area contributed by atoms with Gasteiger partial charge in [-0.15, -0.1) is 0 Å². The van der Waals surface area contributed by atoms with Gasteiger partial charge in [-0.2, -0.15) is 0 Å². The van der Waals surface area contributed by atoms with E-state index in [9.17, 15) is 0 Å². The van der Waals surface area contributed by atoms with E-state index in [1.54, 1.807) is 0 Å². The number of ether oxygens (including phenoxy) is 2. The zero-order valence-electron chi connectivity index (χ0n) is 10.2. The van der Waals surface area contributed by atoms with E-state index < -0.39 is 0 Å². The Kier molecular flexibility index (Phi) is 6.17. The molecule has 0 aromatic heterocycles. The van der Waals surface area contributed by atoms with E-state index in [1.165, 1.54) is 0 Å². The van der Waals surface area contributed by atoms with Gasteiger partial charge in [-0.3, -0.25) is 0 Å². The molecule has 0 amide bonds. The van der Waals surface area contributed by atoms with Gasteiger partial charge in [0, 0.05) is 32.3 Å². The third-order valence-electron chi connectivity index (χ3n) is 2.61. The Bertz CT molecular complexity index is 167. The lowest BCUT2D eigenvalue weighted by Crippen LogP contribution is -2.47. The number of likely N-dealkylation sites (N-methyl/N-ethyl adjacent to an activating group) is 1. The second-order valence-corrected chi connectivity index (χ2v) is 4.22. The van der Waals surface area contributed by atoms with Crippen molar-refractivity contribution in [2.45, 2.75) is 26.0 Å². The van der Waals surface area contributed by atoms with Crippen LogP contribution in [0.4, 0.5) is 0 Å². The Labute approximate surface area is 92.9 Å². The number of rotatable bonds is 6. The van der Waals surface area contributed by atoms with Gasteiger partial charge in [0.2, 0.25) is 0 Å². The fourth-order valence-electron chi connectivity index (χ4n) is 1.68. The molecular formula is C11H24N2O2. The molecule has 0 aromatic rings. The maximum Gasteiger partial charge on any atom is 0.0826 e. The van der Waals surface area contributed by atoms with Crippen molar-refractivity contribution in [1.82, 2.24) is 10.2 Å². The van der Waals surface area contributed by atoms with Gasteiger partial charge >= 0.3 is 0 Å². The molecule has 0 aromatic carbocycles. The van der Waals surface area contributed by atoms with Crippen molar-refractivity contribution in [2.75, 3.05) is 46.5 Å². The Morgan fingerprint density at radius 2 is 2.40 bits per heavy atom. The van der Waals surface area contributed by atoms with Gasteiger partial charge in [-0.1, -0.05) is 0 Å². The van der Waals surface area contributed by atoms with Gasteiger partial charge in [0.1, 0.15) is 0 Å². The number of nitrogens with zero attached hydrogens (tertiary/aromatic N) is 1. The maximum absolute atomic E-state index is 5.66. The lowest BCUT2D eigenvalue weighted by atomic mass is 10.2. The molecule has 0 spiro atoms. The van der Waals surface area contributed by atoms with Crippen molar-refractivity contribution in [3.05, 3.63) is 0 Å². The fourth-order valence-corrected chi connectivity index (χ4v) is 1.68. The lowest BCUT2D eigenvalue weighted by Gasteiger charge is -2.30. The molecule has 4 heteroatoms. The van der Waals surface area contributed by atoms with E-state index in [-0.39, 0.29) is 0 Å². The summed E-state index contributed by atoms with van der Waals surface area (Å²) in [4.78, 5) is 2.31.